The van der Waals surface area contributed by atoms with Gasteiger partial charge in [-0.1, -0.05) is 31.9 Å². The molecule has 120 valence electrons. The molecular weight excluding hydrogens is 282 g/mol. The van der Waals surface area contributed by atoms with Gasteiger partial charge < -0.3 is 14.8 Å². The number of amides is 1. The molecule has 0 fully saturated rings. The number of hydrogen-bond acceptors (Lipinski definition) is 4. The molecule has 0 aliphatic heterocycles. The minimum absolute atomic E-state index is 0.317. The Kier molecular flexibility index (Phi) is 7.75. The molecule has 0 bridgehead atoms. The highest BCUT2D eigenvalue weighted by Crippen LogP contribution is 2.12. The molecule has 0 radical (unpaired) electrons. The van der Waals surface area contributed by atoms with Gasteiger partial charge in [-0.25, -0.2) is 4.79 Å². The lowest BCUT2D eigenvalue weighted by atomic mass is 10.1. The molecule has 0 spiro atoms. The van der Waals surface area contributed by atoms with Gasteiger partial charge in [-0.3, -0.25) is 4.79 Å². The number of unbranched alkanes of at least 4 members (excludes halogenated alkanes) is 1. The van der Waals surface area contributed by atoms with Crippen molar-refractivity contribution in [3.63, 3.8) is 0 Å². The van der Waals surface area contributed by atoms with Crippen molar-refractivity contribution in [1.82, 2.24) is 5.32 Å². The average molecular weight is 305 g/mol. The van der Waals surface area contributed by atoms with E-state index in [9.17, 15) is 9.59 Å². The first kappa shape index (κ1) is 17.8. The zero-order valence-corrected chi connectivity index (χ0v) is 13.3. The lowest BCUT2D eigenvalue weighted by molar-refractivity contribution is -0.144. The number of benzene rings is 1. The number of ether oxygens (including phenoxy) is 2. The maximum absolute atomic E-state index is 11.9. The summed E-state index contributed by atoms with van der Waals surface area (Å²) >= 11 is 0. The van der Waals surface area contributed by atoms with Crippen molar-refractivity contribution in [3.05, 3.63) is 35.9 Å². The van der Waals surface area contributed by atoms with Crippen LogP contribution >= 0.6 is 0 Å². The minimum atomic E-state index is -0.599. The second-order valence-electron chi connectivity index (χ2n) is 4.83. The lowest BCUT2D eigenvalue weighted by Gasteiger charge is -2.14. The Morgan fingerprint density at radius 1 is 1.23 bits per heavy atom. The molecular formula is C17H23NO4. The van der Waals surface area contributed by atoms with Crippen LogP contribution in [0.5, 0.6) is 5.75 Å². The van der Waals surface area contributed by atoms with Crippen LogP contribution in [0.1, 0.15) is 31.7 Å². The first-order valence-corrected chi connectivity index (χ1v) is 7.31. The molecule has 1 amide bonds. The normalized spacial score (nSPS) is 12.0. The highest BCUT2D eigenvalue weighted by atomic mass is 16.5. The van der Waals surface area contributed by atoms with Crippen LogP contribution < -0.4 is 10.1 Å². The van der Waals surface area contributed by atoms with Gasteiger partial charge in [-0.15, -0.1) is 0 Å². The summed E-state index contributed by atoms with van der Waals surface area (Å²) in [6.07, 6.45) is 5.46. The van der Waals surface area contributed by atoms with Crippen LogP contribution in [-0.2, 0) is 14.3 Å². The van der Waals surface area contributed by atoms with Gasteiger partial charge in [0.15, 0.2) is 0 Å². The van der Waals surface area contributed by atoms with Crippen molar-refractivity contribution >= 4 is 18.0 Å². The molecule has 22 heavy (non-hydrogen) atoms. The van der Waals surface area contributed by atoms with E-state index >= 15 is 0 Å². The molecule has 1 atom stereocenters. The lowest BCUT2D eigenvalue weighted by Crippen LogP contribution is -2.40. The van der Waals surface area contributed by atoms with Gasteiger partial charge in [0.25, 0.3) is 0 Å². The van der Waals surface area contributed by atoms with Gasteiger partial charge in [0, 0.05) is 6.08 Å². The Morgan fingerprint density at radius 3 is 2.45 bits per heavy atom. The summed E-state index contributed by atoms with van der Waals surface area (Å²) in [6.45, 7) is 2.03. The predicted octanol–water partition coefficient (Wildman–Crippen LogP) is 2.56. The molecule has 5 heteroatoms. The van der Waals surface area contributed by atoms with Crippen LogP contribution in [0.4, 0.5) is 0 Å². The van der Waals surface area contributed by atoms with Crippen LogP contribution in [0.25, 0.3) is 6.08 Å². The molecule has 5 nitrogen and oxygen atoms in total. The van der Waals surface area contributed by atoms with Crippen molar-refractivity contribution in [1.29, 1.82) is 0 Å². The molecule has 0 aliphatic carbocycles. The third kappa shape index (κ3) is 5.99. The standard InChI is InChI=1S/C17H23NO4/c1-4-5-6-15(17(20)22-3)18-16(19)12-9-13-7-10-14(21-2)11-8-13/h7-12,15H,4-6H2,1-3H3,(H,18,19)/b12-9+. The summed E-state index contributed by atoms with van der Waals surface area (Å²) in [4.78, 5) is 23.5. The molecule has 1 aromatic rings. The average Bonchev–Trinajstić information content (AvgIpc) is 2.56. The van der Waals surface area contributed by atoms with Gasteiger partial charge in [0.05, 0.1) is 14.2 Å². The van der Waals surface area contributed by atoms with E-state index in [0.717, 1.165) is 24.2 Å². The summed E-state index contributed by atoms with van der Waals surface area (Å²) in [7, 11) is 2.92. The number of carbonyl (C=O) groups is 2. The van der Waals surface area contributed by atoms with E-state index in [1.165, 1.54) is 13.2 Å². The summed E-state index contributed by atoms with van der Waals surface area (Å²) in [5.74, 6) is 0.0221. The fraction of sp³-hybridized carbons (Fsp3) is 0.412. The highest BCUT2D eigenvalue weighted by Gasteiger charge is 2.19. The van der Waals surface area contributed by atoms with E-state index < -0.39 is 12.0 Å². The van der Waals surface area contributed by atoms with E-state index in [-0.39, 0.29) is 5.91 Å². The van der Waals surface area contributed by atoms with Gasteiger partial charge in [0.1, 0.15) is 11.8 Å². The Hall–Kier alpha value is -2.30. The van der Waals surface area contributed by atoms with Crippen molar-refractivity contribution in [2.45, 2.75) is 32.2 Å². The van der Waals surface area contributed by atoms with E-state index in [1.807, 2.05) is 31.2 Å². The van der Waals surface area contributed by atoms with Crippen molar-refractivity contribution < 1.29 is 19.1 Å². The number of rotatable bonds is 8. The SMILES string of the molecule is CCCCC(NC(=O)/C=C/c1ccc(OC)cc1)C(=O)OC. The molecule has 0 saturated heterocycles. The quantitative estimate of drug-likeness (QED) is 0.592. The van der Waals surface area contributed by atoms with Gasteiger partial charge in [-0.05, 0) is 30.2 Å². The number of carbonyl (C=O) groups excluding carboxylic acids is 2. The second kappa shape index (κ2) is 9.60. The molecule has 0 aliphatic rings. The summed E-state index contributed by atoms with van der Waals surface area (Å²) < 4.78 is 9.78. The summed E-state index contributed by atoms with van der Waals surface area (Å²) in [6, 6.07) is 6.72. The summed E-state index contributed by atoms with van der Waals surface area (Å²) in [5, 5.41) is 2.67. The molecule has 0 saturated carbocycles. The zero-order chi connectivity index (χ0) is 16.4. The van der Waals surface area contributed by atoms with Crippen LogP contribution in [-0.4, -0.2) is 32.1 Å². The van der Waals surface area contributed by atoms with Crippen molar-refractivity contribution in [3.8, 4) is 5.75 Å². The van der Waals surface area contributed by atoms with E-state index in [4.69, 9.17) is 9.47 Å². The molecule has 0 aromatic heterocycles. The van der Waals surface area contributed by atoms with Gasteiger partial charge in [-0.2, -0.15) is 0 Å². The molecule has 1 N–H and O–H groups in total. The Balaban J connectivity index is 2.61. The van der Waals surface area contributed by atoms with E-state index in [1.54, 1.807) is 13.2 Å². The van der Waals surface area contributed by atoms with E-state index in [0.29, 0.717) is 6.42 Å². The number of methoxy groups -OCH3 is 2. The highest BCUT2D eigenvalue weighted by molar-refractivity contribution is 5.94. The molecule has 0 heterocycles. The van der Waals surface area contributed by atoms with Crippen LogP contribution in [0.2, 0.25) is 0 Å². The molecule has 1 aromatic carbocycles. The monoisotopic (exact) mass is 305 g/mol. The Labute approximate surface area is 131 Å². The molecule has 1 unspecified atom stereocenters. The third-order valence-electron chi connectivity index (χ3n) is 3.19. The fourth-order valence-electron chi connectivity index (χ4n) is 1.91. The smallest absolute Gasteiger partial charge is 0.328 e. The van der Waals surface area contributed by atoms with Gasteiger partial charge >= 0.3 is 5.97 Å². The Bertz CT molecular complexity index is 508. The Morgan fingerprint density at radius 2 is 1.91 bits per heavy atom. The third-order valence-corrected chi connectivity index (χ3v) is 3.19. The second-order valence-corrected chi connectivity index (χ2v) is 4.83. The first-order valence-electron chi connectivity index (χ1n) is 7.31. The largest absolute Gasteiger partial charge is 0.497 e. The number of nitrogens with one attached hydrogen (secondary N) is 1. The predicted molar refractivity (Wildman–Crippen MR) is 85.5 cm³/mol. The van der Waals surface area contributed by atoms with Crippen LogP contribution in [0.3, 0.4) is 0 Å². The first-order chi connectivity index (χ1) is 10.6. The van der Waals surface area contributed by atoms with Crippen LogP contribution in [0, 0.1) is 0 Å². The van der Waals surface area contributed by atoms with Gasteiger partial charge in [0.2, 0.25) is 5.91 Å². The minimum Gasteiger partial charge on any atom is -0.497 e. The fourth-order valence-corrected chi connectivity index (χ4v) is 1.91. The maximum atomic E-state index is 11.9. The van der Waals surface area contributed by atoms with Crippen molar-refractivity contribution in [2.24, 2.45) is 0 Å². The number of hydrogen-bond donors (Lipinski definition) is 1. The molecule has 1 rings (SSSR count). The topological polar surface area (TPSA) is 64.6 Å². The van der Waals surface area contributed by atoms with E-state index in [2.05, 4.69) is 5.32 Å². The maximum Gasteiger partial charge on any atom is 0.328 e. The zero-order valence-electron chi connectivity index (χ0n) is 13.3. The van der Waals surface area contributed by atoms with Crippen molar-refractivity contribution in [2.75, 3.05) is 14.2 Å². The number of esters is 1. The van der Waals surface area contributed by atoms with Crippen LogP contribution in [0.15, 0.2) is 30.3 Å². The summed E-state index contributed by atoms with van der Waals surface area (Å²) in [5.41, 5.74) is 0.874.